The Kier molecular flexibility index (Phi) is 12.2. The number of carboxylic acid groups (broad SMARTS) is 1. The zero-order valence-corrected chi connectivity index (χ0v) is 12.2. The third-order valence-electron chi connectivity index (χ3n) is 3.03. The van der Waals surface area contributed by atoms with Gasteiger partial charge in [-0.1, -0.05) is 58.8 Å². The van der Waals surface area contributed by atoms with Crippen molar-refractivity contribution in [3.05, 3.63) is 0 Å². The van der Waals surface area contributed by atoms with E-state index in [1.807, 2.05) is 0 Å². The SMILES string of the molecule is CCCCCCCCCC(CC)SCC(=O)O. The second-order valence-corrected chi connectivity index (χ2v) is 5.93. The maximum Gasteiger partial charge on any atom is 0.313 e. The molecule has 1 unspecified atom stereocenters. The highest BCUT2D eigenvalue weighted by Gasteiger charge is 2.08. The summed E-state index contributed by atoms with van der Waals surface area (Å²) in [6, 6.07) is 0. The highest BCUT2D eigenvalue weighted by Crippen LogP contribution is 2.21. The van der Waals surface area contributed by atoms with Gasteiger partial charge in [-0.3, -0.25) is 4.79 Å². The van der Waals surface area contributed by atoms with Crippen LogP contribution in [-0.2, 0) is 4.79 Å². The average Bonchev–Trinajstić information content (AvgIpc) is 2.31. The molecule has 0 radical (unpaired) electrons. The Morgan fingerprint density at radius 3 is 2.18 bits per heavy atom. The van der Waals surface area contributed by atoms with Crippen LogP contribution in [0.2, 0.25) is 0 Å². The maximum atomic E-state index is 10.5. The standard InChI is InChI=1S/C14H28O2S/c1-3-5-6-7-8-9-10-11-13(4-2)17-12-14(15)16/h13H,3-12H2,1-2H3,(H,15,16). The molecular formula is C14H28O2S. The third-order valence-corrected chi connectivity index (χ3v) is 4.48. The first kappa shape index (κ1) is 16.8. The summed E-state index contributed by atoms with van der Waals surface area (Å²) in [6.45, 7) is 4.40. The Morgan fingerprint density at radius 2 is 1.65 bits per heavy atom. The van der Waals surface area contributed by atoms with Crippen molar-refractivity contribution < 1.29 is 9.90 Å². The second-order valence-electron chi connectivity index (χ2n) is 4.64. The first-order chi connectivity index (χ1) is 8.20. The molecule has 1 atom stereocenters. The molecule has 0 aromatic carbocycles. The van der Waals surface area contributed by atoms with Gasteiger partial charge in [0, 0.05) is 5.25 Å². The van der Waals surface area contributed by atoms with Gasteiger partial charge in [-0.25, -0.2) is 0 Å². The lowest BCUT2D eigenvalue weighted by molar-refractivity contribution is -0.133. The number of carbonyl (C=O) groups is 1. The Hall–Kier alpha value is -0.180. The fraction of sp³-hybridized carbons (Fsp3) is 0.929. The van der Waals surface area contributed by atoms with Gasteiger partial charge < -0.3 is 5.11 Å². The molecule has 0 rings (SSSR count). The van der Waals surface area contributed by atoms with Crippen LogP contribution in [0.1, 0.15) is 71.6 Å². The molecule has 0 bridgehead atoms. The van der Waals surface area contributed by atoms with Gasteiger partial charge >= 0.3 is 5.97 Å². The monoisotopic (exact) mass is 260 g/mol. The second kappa shape index (κ2) is 12.3. The average molecular weight is 260 g/mol. The van der Waals surface area contributed by atoms with E-state index in [9.17, 15) is 4.79 Å². The van der Waals surface area contributed by atoms with E-state index < -0.39 is 5.97 Å². The van der Waals surface area contributed by atoms with Crippen molar-refractivity contribution in [1.82, 2.24) is 0 Å². The summed E-state index contributed by atoms with van der Waals surface area (Å²) < 4.78 is 0. The van der Waals surface area contributed by atoms with E-state index in [-0.39, 0.29) is 5.75 Å². The van der Waals surface area contributed by atoms with Gasteiger partial charge in [-0.05, 0) is 12.8 Å². The van der Waals surface area contributed by atoms with Crippen molar-refractivity contribution in [2.45, 2.75) is 76.9 Å². The fourth-order valence-corrected chi connectivity index (χ4v) is 2.87. The third kappa shape index (κ3) is 12.1. The summed E-state index contributed by atoms with van der Waals surface area (Å²) in [4.78, 5) is 10.5. The minimum absolute atomic E-state index is 0.259. The van der Waals surface area contributed by atoms with Crippen molar-refractivity contribution in [3.63, 3.8) is 0 Å². The maximum absolute atomic E-state index is 10.5. The summed E-state index contributed by atoms with van der Waals surface area (Å²) in [5, 5.41) is 9.17. The van der Waals surface area contributed by atoms with Crippen LogP contribution >= 0.6 is 11.8 Å². The quantitative estimate of drug-likeness (QED) is 0.516. The highest BCUT2D eigenvalue weighted by atomic mass is 32.2. The first-order valence-electron chi connectivity index (χ1n) is 7.04. The van der Waals surface area contributed by atoms with E-state index >= 15 is 0 Å². The number of hydrogen-bond donors (Lipinski definition) is 1. The molecule has 102 valence electrons. The summed E-state index contributed by atoms with van der Waals surface area (Å²) in [7, 11) is 0. The summed E-state index contributed by atoms with van der Waals surface area (Å²) in [6.07, 6.45) is 11.6. The van der Waals surface area contributed by atoms with Crippen LogP contribution in [0.4, 0.5) is 0 Å². The molecule has 0 aliphatic carbocycles. The van der Waals surface area contributed by atoms with E-state index in [1.165, 1.54) is 51.4 Å². The van der Waals surface area contributed by atoms with Gasteiger partial charge in [0.05, 0.1) is 5.75 Å². The molecule has 0 aromatic rings. The summed E-state index contributed by atoms with van der Waals surface area (Å²) >= 11 is 1.60. The van der Waals surface area contributed by atoms with Gasteiger partial charge in [-0.15, -0.1) is 11.8 Å². The molecule has 1 N–H and O–H groups in total. The van der Waals surface area contributed by atoms with E-state index in [1.54, 1.807) is 11.8 Å². The van der Waals surface area contributed by atoms with Gasteiger partial charge in [0.15, 0.2) is 0 Å². The Labute approximate surface area is 111 Å². The van der Waals surface area contributed by atoms with Crippen LogP contribution in [-0.4, -0.2) is 22.1 Å². The zero-order valence-electron chi connectivity index (χ0n) is 11.4. The van der Waals surface area contributed by atoms with E-state index in [4.69, 9.17) is 5.11 Å². The number of thioether (sulfide) groups is 1. The van der Waals surface area contributed by atoms with Crippen LogP contribution in [0.3, 0.4) is 0 Å². The lowest BCUT2D eigenvalue weighted by Gasteiger charge is -2.12. The molecule has 0 aromatic heterocycles. The van der Waals surface area contributed by atoms with E-state index in [0.717, 1.165) is 6.42 Å². The zero-order chi connectivity index (χ0) is 12.9. The normalized spacial score (nSPS) is 12.6. The highest BCUT2D eigenvalue weighted by molar-refractivity contribution is 8.00. The number of carboxylic acids is 1. The minimum Gasteiger partial charge on any atom is -0.481 e. The van der Waals surface area contributed by atoms with Gasteiger partial charge in [0.25, 0.3) is 0 Å². The molecule has 0 aliphatic rings. The summed E-state index contributed by atoms with van der Waals surface area (Å²) in [5.74, 6) is -0.428. The van der Waals surface area contributed by atoms with Crippen LogP contribution < -0.4 is 0 Å². The smallest absolute Gasteiger partial charge is 0.313 e. The largest absolute Gasteiger partial charge is 0.481 e. The number of hydrogen-bond acceptors (Lipinski definition) is 2. The topological polar surface area (TPSA) is 37.3 Å². The predicted molar refractivity (Wildman–Crippen MR) is 76.8 cm³/mol. The molecule has 0 aliphatic heterocycles. The molecule has 0 saturated carbocycles. The van der Waals surface area contributed by atoms with Crippen molar-refractivity contribution >= 4 is 17.7 Å². The van der Waals surface area contributed by atoms with Crippen LogP contribution in [0.5, 0.6) is 0 Å². The van der Waals surface area contributed by atoms with Crippen molar-refractivity contribution in [3.8, 4) is 0 Å². The van der Waals surface area contributed by atoms with E-state index in [2.05, 4.69) is 13.8 Å². The van der Waals surface area contributed by atoms with E-state index in [0.29, 0.717) is 5.25 Å². The lowest BCUT2D eigenvalue weighted by Crippen LogP contribution is -2.07. The van der Waals surface area contributed by atoms with Gasteiger partial charge in [0.1, 0.15) is 0 Å². The first-order valence-corrected chi connectivity index (χ1v) is 8.09. The molecule has 0 saturated heterocycles. The molecule has 0 heterocycles. The Bertz CT molecular complexity index is 183. The predicted octanol–water partition coefficient (Wildman–Crippen LogP) is 4.72. The number of unbranched alkanes of at least 4 members (excludes halogenated alkanes) is 6. The Balaban J connectivity index is 3.34. The molecule has 0 spiro atoms. The molecule has 0 fully saturated rings. The molecule has 17 heavy (non-hydrogen) atoms. The lowest BCUT2D eigenvalue weighted by atomic mass is 10.1. The minimum atomic E-state index is -0.687. The summed E-state index contributed by atoms with van der Waals surface area (Å²) in [5.41, 5.74) is 0. The van der Waals surface area contributed by atoms with Crippen LogP contribution in [0.15, 0.2) is 0 Å². The Morgan fingerprint density at radius 1 is 1.06 bits per heavy atom. The number of rotatable bonds is 12. The van der Waals surface area contributed by atoms with Crippen molar-refractivity contribution in [2.24, 2.45) is 0 Å². The van der Waals surface area contributed by atoms with Crippen LogP contribution in [0.25, 0.3) is 0 Å². The van der Waals surface area contributed by atoms with Crippen molar-refractivity contribution in [2.75, 3.05) is 5.75 Å². The molecular weight excluding hydrogens is 232 g/mol. The molecule has 2 nitrogen and oxygen atoms in total. The molecule has 0 amide bonds. The van der Waals surface area contributed by atoms with Gasteiger partial charge in [0.2, 0.25) is 0 Å². The van der Waals surface area contributed by atoms with Gasteiger partial charge in [-0.2, -0.15) is 0 Å². The van der Waals surface area contributed by atoms with Crippen LogP contribution in [0, 0.1) is 0 Å². The number of aliphatic carboxylic acids is 1. The van der Waals surface area contributed by atoms with Crippen molar-refractivity contribution in [1.29, 1.82) is 0 Å². The fourth-order valence-electron chi connectivity index (χ4n) is 1.92. The molecule has 3 heteroatoms.